The Hall–Kier alpha value is -2.73. The molecule has 2 atom stereocenters. The fraction of sp³-hybridized carbons (Fsp3) is 0.536. The van der Waals surface area contributed by atoms with E-state index in [1.165, 1.54) is 5.56 Å². The lowest BCUT2D eigenvalue weighted by Gasteiger charge is -2.44. The Morgan fingerprint density at radius 2 is 1.97 bits per heavy atom. The maximum atomic E-state index is 13.0. The maximum absolute atomic E-state index is 13.0. The van der Waals surface area contributed by atoms with E-state index in [4.69, 9.17) is 18.9 Å². The van der Waals surface area contributed by atoms with Crippen molar-refractivity contribution in [3.63, 3.8) is 0 Å². The molecule has 1 amide bonds. The van der Waals surface area contributed by atoms with Crippen molar-refractivity contribution >= 4 is 5.91 Å². The molecule has 2 aromatic carbocycles. The molecule has 0 spiro atoms. The molecule has 0 aromatic heterocycles. The normalized spacial score (nSPS) is 21.5. The number of carbonyl (C=O) groups is 1. The van der Waals surface area contributed by atoms with Crippen molar-refractivity contribution in [1.29, 1.82) is 0 Å². The van der Waals surface area contributed by atoms with Gasteiger partial charge >= 0.3 is 0 Å². The average Bonchev–Trinajstić information content (AvgIpc) is 3.34. The van der Waals surface area contributed by atoms with Crippen LogP contribution in [0.4, 0.5) is 0 Å². The van der Waals surface area contributed by atoms with Gasteiger partial charge in [0.2, 0.25) is 12.7 Å². The second-order valence-corrected chi connectivity index (χ2v) is 9.69. The number of hydrogen-bond donors (Lipinski definition) is 0. The SMILES string of the molecule is CCC(=O)N(CC[C@@]1(c2ccccc2OC)CCO[C@@H](C(C)C)C1)Cc1ccc2c(c1)OCO2. The summed E-state index contributed by atoms with van der Waals surface area (Å²) in [5.74, 6) is 3.00. The zero-order valence-corrected chi connectivity index (χ0v) is 20.8. The van der Waals surface area contributed by atoms with Crippen molar-refractivity contribution in [3.05, 3.63) is 53.6 Å². The molecule has 0 aliphatic carbocycles. The highest BCUT2D eigenvalue weighted by atomic mass is 16.7. The van der Waals surface area contributed by atoms with E-state index in [9.17, 15) is 4.79 Å². The molecule has 1 fully saturated rings. The summed E-state index contributed by atoms with van der Waals surface area (Å²) in [6, 6.07) is 14.3. The standard InChI is InChI=1S/C28H37NO5/c1-5-27(30)29(18-21-10-11-24-25(16-21)34-19-33-24)14-12-28(13-15-32-26(17-28)20(2)3)22-8-6-7-9-23(22)31-4/h6-11,16,20,26H,5,12-15,17-19H2,1-4H3/t26-,28-/m1/s1. The number of benzene rings is 2. The van der Waals surface area contributed by atoms with E-state index in [1.54, 1.807) is 7.11 Å². The van der Waals surface area contributed by atoms with E-state index in [-0.39, 0.29) is 24.2 Å². The lowest BCUT2D eigenvalue weighted by Crippen LogP contribution is -2.44. The Morgan fingerprint density at radius 1 is 1.18 bits per heavy atom. The van der Waals surface area contributed by atoms with Gasteiger partial charge in [0.15, 0.2) is 11.5 Å². The third-order valence-electron chi connectivity index (χ3n) is 7.25. The van der Waals surface area contributed by atoms with Crippen LogP contribution in [0.5, 0.6) is 17.2 Å². The number of ether oxygens (including phenoxy) is 4. The Labute approximate surface area is 203 Å². The summed E-state index contributed by atoms with van der Waals surface area (Å²) in [5.41, 5.74) is 2.16. The summed E-state index contributed by atoms with van der Waals surface area (Å²) >= 11 is 0. The van der Waals surface area contributed by atoms with Crippen LogP contribution in [-0.4, -0.2) is 44.0 Å². The van der Waals surface area contributed by atoms with Gasteiger partial charge in [0.05, 0.1) is 13.2 Å². The fourth-order valence-corrected chi connectivity index (χ4v) is 5.19. The highest BCUT2D eigenvalue weighted by Gasteiger charge is 2.41. The average molecular weight is 468 g/mol. The van der Waals surface area contributed by atoms with Gasteiger partial charge < -0.3 is 23.8 Å². The van der Waals surface area contributed by atoms with Gasteiger partial charge in [-0.3, -0.25) is 4.79 Å². The van der Waals surface area contributed by atoms with Gasteiger partial charge in [-0.2, -0.15) is 0 Å². The first-order chi connectivity index (χ1) is 16.5. The Bertz CT molecular complexity index is 991. The number of fused-ring (bicyclic) bond motifs is 1. The second kappa shape index (κ2) is 10.7. The maximum Gasteiger partial charge on any atom is 0.231 e. The zero-order chi connectivity index (χ0) is 24.1. The monoisotopic (exact) mass is 467 g/mol. The van der Waals surface area contributed by atoms with Gasteiger partial charge in [-0.25, -0.2) is 0 Å². The minimum atomic E-state index is -0.110. The third kappa shape index (κ3) is 5.17. The number of carbonyl (C=O) groups excluding carboxylic acids is 1. The molecule has 4 rings (SSSR count). The lowest BCUT2D eigenvalue weighted by molar-refractivity contribution is -0.132. The Kier molecular flexibility index (Phi) is 7.67. The Morgan fingerprint density at radius 3 is 2.74 bits per heavy atom. The van der Waals surface area contributed by atoms with Gasteiger partial charge in [0.1, 0.15) is 5.75 Å². The molecule has 0 bridgehead atoms. The summed E-state index contributed by atoms with van der Waals surface area (Å²) in [6.45, 7) is 8.54. The molecule has 6 nitrogen and oxygen atoms in total. The number of rotatable bonds is 9. The quantitative estimate of drug-likeness (QED) is 0.499. The van der Waals surface area contributed by atoms with Crippen LogP contribution >= 0.6 is 0 Å². The summed E-state index contributed by atoms with van der Waals surface area (Å²) in [7, 11) is 1.73. The van der Waals surface area contributed by atoms with Crippen molar-refractivity contribution in [2.75, 3.05) is 27.1 Å². The molecule has 0 unspecified atom stereocenters. The Balaban J connectivity index is 1.59. The first kappa shape index (κ1) is 24.4. The van der Waals surface area contributed by atoms with Crippen LogP contribution in [0, 0.1) is 5.92 Å². The molecule has 2 aliphatic heterocycles. The topological polar surface area (TPSA) is 57.2 Å². The van der Waals surface area contributed by atoms with Crippen LogP contribution in [0.1, 0.15) is 57.6 Å². The van der Waals surface area contributed by atoms with E-state index in [1.807, 2.05) is 42.2 Å². The molecule has 6 heteroatoms. The molecular formula is C28H37NO5. The highest BCUT2D eigenvalue weighted by molar-refractivity contribution is 5.75. The van der Waals surface area contributed by atoms with E-state index in [0.717, 1.165) is 42.1 Å². The lowest BCUT2D eigenvalue weighted by atomic mass is 9.68. The van der Waals surface area contributed by atoms with Crippen molar-refractivity contribution in [3.8, 4) is 17.2 Å². The van der Waals surface area contributed by atoms with Crippen LogP contribution in [0.2, 0.25) is 0 Å². The number of para-hydroxylation sites is 1. The van der Waals surface area contributed by atoms with Crippen LogP contribution in [0.3, 0.4) is 0 Å². The molecule has 0 radical (unpaired) electrons. The van der Waals surface area contributed by atoms with Gasteiger partial charge in [-0.05, 0) is 48.9 Å². The highest BCUT2D eigenvalue weighted by Crippen LogP contribution is 2.45. The van der Waals surface area contributed by atoms with Crippen molar-refractivity contribution in [2.24, 2.45) is 5.92 Å². The van der Waals surface area contributed by atoms with E-state index < -0.39 is 0 Å². The predicted octanol–water partition coefficient (Wildman–Crippen LogP) is 5.33. The van der Waals surface area contributed by atoms with E-state index in [2.05, 4.69) is 26.0 Å². The molecule has 1 saturated heterocycles. The smallest absolute Gasteiger partial charge is 0.231 e. The van der Waals surface area contributed by atoms with Gasteiger partial charge in [0, 0.05) is 37.1 Å². The molecule has 2 heterocycles. The molecule has 184 valence electrons. The van der Waals surface area contributed by atoms with E-state index >= 15 is 0 Å². The van der Waals surface area contributed by atoms with E-state index in [0.29, 0.717) is 32.0 Å². The minimum Gasteiger partial charge on any atom is -0.496 e. The van der Waals surface area contributed by atoms with Crippen LogP contribution < -0.4 is 14.2 Å². The zero-order valence-electron chi connectivity index (χ0n) is 20.8. The van der Waals surface area contributed by atoms with Crippen molar-refractivity contribution in [2.45, 2.75) is 64.5 Å². The first-order valence-corrected chi connectivity index (χ1v) is 12.4. The largest absolute Gasteiger partial charge is 0.496 e. The van der Waals surface area contributed by atoms with Crippen molar-refractivity contribution in [1.82, 2.24) is 4.90 Å². The molecule has 2 aromatic rings. The first-order valence-electron chi connectivity index (χ1n) is 12.4. The summed E-state index contributed by atoms with van der Waals surface area (Å²) in [4.78, 5) is 15.0. The molecule has 0 saturated carbocycles. The number of nitrogens with zero attached hydrogens (tertiary/aromatic N) is 1. The predicted molar refractivity (Wildman–Crippen MR) is 131 cm³/mol. The number of amides is 1. The van der Waals surface area contributed by atoms with Crippen molar-refractivity contribution < 1.29 is 23.7 Å². The molecule has 0 N–H and O–H groups in total. The summed E-state index contributed by atoms with van der Waals surface area (Å²) in [5, 5.41) is 0. The number of hydrogen-bond acceptors (Lipinski definition) is 5. The molecular weight excluding hydrogens is 430 g/mol. The molecule has 2 aliphatic rings. The molecule has 34 heavy (non-hydrogen) atoms. The van der Waals surface area contributed by atoms with Gasteiger partial charge in [-0.1, -0.05) is 45.0 Å². The van der Waals surface area contributed by atoms with Crippen LogP contribution in [-0.2, 0) is 21.5 Å². The third-order valence-corrected chi connectivity index (χ3v) is 7.25. The fourth-order valence-electron chi connectivity index (χ4n) is 5.19. The summed E-state index contributed by atoms with van der Waals surface area (Å²) < 4.78 is 22.9. The van der Waals surface area contributed by atoms with Gasteiger partial charge in [-0.15, -0.1) is 0 Å². The second-order valence-electron chi connectivity index (χ2n) is 9.69. The number of methoxy groups -OCH3 is 1. The summed E-state index contributed by atoms with van der Waals surface area (Å²) in [6.07, 6.45) is 3.35. The van der Waals surface area contributed by atoms with Crippen LogP contribution in [0.25, 0.3) is 0 Å². The van der Waals surface area contributed by atoms with Crippen LogP contribution in [0.15, 0.2) is 42.5 Å². The minimum absolute atomic E-state index is 0.110. The van der Waals surface area contributed by atoms with Gasteiger partial charge in [0.25, 0.3) is 0 Å².